The van der Waals surface area contributed by atoms with Crippen LogP contribution in [0.15, 0.2) is 12.1 Å². The highest BCUT2D eigenvalue weighted by Gasteiger charge is 2.28. The predicted octanol–water partition coefficient (Wildman–Crippen LogP) is 3.01. The third-order valence-corrected chi connectivity index (χ3v) is 4.25. The number of hydrogen-bond acceptors (Lipinski definition) is 3. The summed E-state index contributed by atoms with van der Waals surface area (Å²) in [6.45, 7) is 0.468. The Kier molecular flexibility index (Phi) is 5.38. The van der Waals surface area contributed by atoms with Crippen molar-refractivity contribution in [2.45, 2.75) is 18.9 Å². The SMILES string of the molecule is O=C(COc1cc(Cl)c(Cl)cc1Cl)N1CCC[C@@H]1CO. The van der Waals surface area contributed by atoms with E-state index in [2.05, 4.69) is 0 Å². The van der Waals surface area contributed by atoms with Crippen LogP contribution < -0.4 is 4.74 Å². The molecule has 1 aromatic rings. The first-order valence-electron chi connectivity index (χ1n) is 6.20. The van der Waals surface area contributed by atoms with Gasteiger partial charge in [-0.05, 0) is 18.9 Å². The summed E-state index contributed by atoms with van der Waals surface area (Å²) in [5, 5.41) is 10.1. The molecule has 0 bridgehead atoms. The molecule has 1 N–H and O–H groups in total. The molecule has 0 saturated carbocycles. The van der Waals surface area contributed by atoms with E-state index in [0.717, 1.165) is 12.8 Å². The molecule has 0 unspecified atom stereocenters. The molecule has 1 amide bonds. The van der Waals surface area contributed by atoms with E-state index in [1.165, 1.54) is 12.1 Å². The molecule has 1 aliphatic rings. The lowest BCUT2D eigenvalue weighted by Crippen LogP contribution is -2.40. The maximum atomic E-state index is 12.0. The molecule has 0 aliphatic carbocycles. The van der Waals surface area contributed by atoms with Crippen LogP contribution in [0.4, 0.5) is 0 Å². The molecule has 1 saturated heterocycles. The van der Waals surface area contributed by atoms with E-state index in [1.807, 2.05) is 0 Å². The topological polar surface area (TPSA) is 49.8 Å². The molecular weight excluding hydrogens is 325 g/mol. The van der Waals surface area contributed by atoms with Gasteiger partial charge in [0.15, 0.2) is 6.61 Å². The lowest BCUT2D eigenvalue weighted by atomic mass is 10.2. The molecular formula is C13H14Cl3NO3. The fourth-order valence-corrected chi connectivity index (χ4v) is 2.78. The van der Waals surface area contributed by atoms with Gasteiger partial charge >= 0.3 is 0 Å². The summed E-state index contributed by atoms with van der Waals surface area (Å²) in [5.74, 6) is 0.137. The number of aliphatic hydroxyl groups excluding tert-OH is 1. The fraction of sp³-hybridized carbons (Fsp3) is 0.462. The minimum Gasteiger partial charge on any atom is -0.482 e. The van der Waals surface area contributed by atoms with Crippen LogP contribution in [0.2, 0.25) is 15.1 Å². The number of ether oxygens (including phenoxy) is 1. The van der Waals surface area contributed by atoms with Crippen LogP contribution in [0.3, 0.4) is 0 Å². The first-order valence-corrected chi connectivity index (χ1v) is 7.34. The van der Waals surface area contributed by atoms with E-state index in [9.17, 15) is 9.90 Å². The molecule has 1 atom stereocenters. The van der Waals surface area contributed by atoms with Crippen LogP contribution >= 0.6 is 34.8 Å². The molecule has 2 rings (SSSR count). The maximum Gasteiger partial charge on any atom is 0.260 e. The van der Waals surface area contributed by atoms with E-state index >= 15 is 0 Å². The number of amides is 1. The number of carbonyl (C=O) groups is 1. The zero-order chi connectivity index (χ0) is 14.7. The monoisotopic (exact) mass is 337 g/mol. The molecule has 1 aromatic carbocycles. The number of carbonyl (C=O) groups excluding carboxylic acids is 1. The molecule has 0 radical (unpaired) electrons. The Hall–Kier alpha value is -0.680. The van der Waals surface area contributed by atoms with Crippen molar-refractivity contribution in [2.75, 3.05) is 19.8 Å². The quantitative estimate of drug-likeness (QED) is 0.859. The molecule has 110 valence electrons. The van der Waals surface area contributed by atoms with Gasteiger partial charge in [0.2, 0.25) is 0 Å². The number of likely N-dealkylation sites (tertiary alicyclic amines) is 1. The second kappa shape index (κ2) is 6.85. The van der Waals surface area contributed by atoms with Crippen LogP contribution in [0, 0.1) is 0 Å². The molecule has 1 fully saturated rings. The molecule has 0 spiro atoms. The minimum atomic E-state index is -0.177. The fourth-order valence-electron chi connectivity index (χ4n) is 2.19. The molecule has 4 nitrogen and oxygen atoms in total. The van der Waals surface area contributed by atoms with Gasteiger partial charge < -0.3 is 14.7 Å². The number of benzene rings is 1. The summed E-state index contributed by atoms with van der Waals surface area (Å²) in [5.41, 5.74) is 0. The number of hydrogen-bond donors (Lipinski definition) is 1. The lowest BCUT2D eigenvalue weighted by molar-refractivity contribution is -0.134. The van der Waals surface area contributed by atoms with Crippen molar-refractivity contribution in [3.8, 4) is 5.75 Å². The van der Waals surface area contributed by atoms with Gasteiger partial charge in [0.1, 0.15) is 5.75 Å². The Morgan fingerprint density at radius 2 is 2.00 bits per heavy atom. The van der Waals surface area contributed by atoms with E-state index in [0.29, 0.717) is 27.4 Å². The Labute approximate surface area is 132 Å². The second-order valence-electron chi connectivity index (χ2n) is 4.55. The van der Waals surface area contributed by atoms with Crippen LogP contribution in [0.5, 0.6) is 5.75 Å². The van der Waals surface area contributed by atoms with Crippen molar-refractivity contribution in [3.63, 3.8) is 0 Å². The van der Waals surface area contributed by atoms with Crippen molar-refractivity contribution >= 4 is 40.7 Å². The van der Waals surface area contributed by atoms with Gasteiger partial charge in [0.25, 0.3) is 5.91 Å². The second-order valence-corrected chi connectivity index (χ2v) is 5.77. The highest BCUT2D eigenvalue weighted by molar-refractivity contribution is 6.43. The highest BCUT2D eigenvalue weighted by Crippen LogP contribution is 2.33. The van der Waals surface area contributed by atoms with E-state index in [1.54, 1.807) is 4.90 Å². The summed E-state index contributed by atoms with van der Waals surface area (Å²) in [4.78, 5) is 13.7. The highest BCUT2D eigenvalue weighted by atomic mass is 35.5. The third kappa shape index (κ3) is 3.50. The van der Waals surface area contributed by atoms with Gasteiger partial charge in [0.05, 0.1) is 27.7 Å². The first-order chi connectivity index (χ1) is 9.52. The van der Waals surface area contributed by atoms with E-state index in [4.69, 9.17) is 39.5 Å². The molecule has 1 heterocycles. The van der Waals surface area contributed by atoms with Gasteiger partial charge in [-0.25, -0.2) is 0 Å². The first kappa shape index (κ1) is 15.7. The molecule has 1 aliphatic heterocycles. The molecule has 0 aromatic heterocycles. The van der Waals surface area contributed by atoms with Crippen LogP contribution in [0.1, 0.15) is 12.8 Å². The third-order valence-electron chi connectivity index (χ3n) is 3.23. The zero-order valence-electron chi connectivity index (χ0n) is 10.6. The number of aliphatic hydroxyl groups is 1. The van der Waals surface area contributed by atoms with E-state index in [-0.39, 0.29) is 25.2 Å². The minimum absolute atomic E-state index is 0.0285. The maximum absolute atomic E-state index is 12.0. The lowest BCUT2D eigenvalue weighted by Gasteiger charge is -2.23. The summed E-state index contributed by atoms with van der Waals surface area (Å²) >= 11 is 17.7. The Morgan fingerprint density at radius 3 is 2.70 bits per heavy atom. The van der Waals surface area contributed by atoms with Gasteiger partial charge in [0, 0.05) is 12.6 Å². The Bertz CT molecular complexity index is 510. The summed E-state index contributed by atoms with van der Waals surface area (Å²) in [6, 6.07) is 2.83. The van der Waals surface area contributed by atoms with Crippen LogP contribution in [-0.4, -0.2) is 41.7 Å². The normalized spacial score (nSPS) is 18.4. The van der Waals surface area contributed by atoms with Gasteiger partial charge in [-0.2, -0.15) is 0 Å². The number of halogens is 3. The smallest absolute Gasteiger partial charge is 0.260 e. The van der Waals surface area contributed by atoms with Gasteiger partial charge in [-0.1, -0.05) is 34.8 Å². The van der Waals surface area contributed by atoms with Crippen molar-refractivity contribution in [2.24, 2.45) is 0 Å². The van der Waals surface area contributed by atoms with Crippen molar-refractivity contribution in [1.82, 2.24) is 4.90 Å². The van der Waals surface area contributed by atoms with Crippen LogP contribution in [-0.2, 0) is 4.79 Å². The standard InChI is InChI=1S/C13H14Cl3NO3/c14-9-4-11(16)12(5-10(9)15)20-7-13(19)17-3-1-2-8(17)6-18/h4-5,8,18H,1-3,6-7H2/t8-/m1/s1. The van der Waals surface area contributed by atoms with Gasteiger partial charge in [-0.15, -0.1) is 0 Å². The van der Waals surface area contributed by atoms with Crippen molar-refractivity contribution < 1.29 is 14.6 Å². The number of rotatable bonds is 4. The summed E-state index contributed by atoms with van der Waals surface area (Å²) in [6.07, 6.45) is 1.71. The molecule has 7 heteroatoms. The Morgan fingerprint density at radius 1 is 1.30 bits per heavy atom. The van der Waals surface area contributed by atoms with Gasteiger partial charge in [-0.3, -0.25) is 4.79 Å². The van der Waals surface area contributed by atoms with Crippen molar-refractivity contribution in [3.05, 3.63) is 27.2 Å². The predicted molar refractivity (Wildman–Crippen MR) is 78.8 cm³/mol. The van der Waals surface area contributed by atoms with E-state index < -0.39 is 0 Å². The largest absolute Gasteiger partial charge is 0.482 e. The average molecular weight is 339 g/mol. The Balaban J connectivity index is 1.98. The van der Waals surface area contributed by atoms with Crippen LogP contribution in [0.25, 0.3) is 0 Å². The summed E-state index contributed by atoms with van der Waals surface area (Å²) in [7, 11) is 0. The van der Waals surface area contributed by atoms with Crippen molar-refractivity contribution in [1.29, 1.82) is 0 Å². The molecule has 20 heavy (non-hydrogen) atoms. The average Bonchev–Trinajstić information content (AvgIpc) is 2.89. The zero-order valence-corrected chi connectivity index (χ0v) is 12.9. The number of nitrogens with zero attached hydrogens (tertiary/aromatic N) is 1. The summed E-state index contributed by atoms with van der Waals surface area (Å²) < 4.78 is 5.39.